The lowest BCUT2D eigenvalue weighted by atomic mass is 10.2. The van der Waals surface area contributed by atoms with Crippen LogP contribution in [-0.4, -0.2) is 38.9 Å². The molecule has 1 saturated heterocycles. The van der Waals surface area contributed by atoms with Crippen molar-refractivity contribution in [3.05, 3.63) is 58.1 Å². The van der Waals surface area contributed by atoms with Crippen molar-refractivity contribution in [2.75, 3.05) is 31.1 Å². The number of piperazine rings is 1. The predicted octanol–water partition coefficient (Wildman–Crippen LogP) is 3.81. The van der Waals surface area contributed by atoms with Crippen LogP contribution in [0.5, 0.6) is 0 Å². The third kappa shape index (κ3) is 3.40. The number of halogens is 2. The molecule has 0 N–H and O–H groups in total. The zero-order valence-electron chi connectivity index (χ0n) is 13.2. The van der Waals surface area contributed by atoms with E-state index >= 15 is 0 Å². The molecule has 1 fully saturated rings. The Morgan fingerprint density at radius 3 is 2.29 bits per heavy atom. The summed E-state index contributed by atoms with van der Waals surface area (Å²) in [5.74, 6) is 0. The molecule has 0 radical (unpaired) electrons. The number of nitrogens with zero attached hydrogens (tertiary/aromatic N) is 2. The van der Waals surface area contributed by atoms with E-state index in [1.54, 1.807) is 12.1 Å². The molecule has 24 heavy (non-hydrogen) atoms. The molecule has 0 unspecified atom stereocenters. The summed E-state index contributed by atoms with van der Waals surface area (Å²) in [6.07, 6.45) is 0. The Balaban J connectivity index is 1.77. The van der Waals surface area contributed by atoms with Crippen LogP contribution in [0.25, 0.3) is 0 Å². The molecule has 128 valence electrons. The van der Waals surface area contributed by atoms with Gasteiger partial charge in [-0.2, -0.15) is 4.31 Å². The fraction of sp³-hybridized carbons (Fsp3) is 0.294. The molecule has 0 saturated carbocycles. The van der Waals surface area contributed by atoms with E-state index in [2.05, 4.69) is 11.0 Å². The zero-order chi connectivity index (χ0) is 17.3. The first-order valence-corrected chi connectivity index (χ1v) is 9.85. The summed E-state index contributed by atoms with van der Waals surface area (Å²) in [5.41, 5.74) is 2.31. The Kier molecular flexibility index (Phi) is 5.06. The molecule has 0 aliphatic carbocycles. The van der Waals surface area contributed by atoms with Crippen molar-refractivity contribution in [3.8, 4) is 0 Å². The summed E-state index contributed by atoms with van der Waals surface area (Å²) >= 11 is 12.0. The van der Waals surface area contributed by atoms with Gasteiger partial charge in [-0.1, -0.05) is 41.4 Å². The summed E-state index contributed by atoms with van der Waals surface area (Å²) in [7, 11) is -3.64. The number of anilines is 1. The molecule has 0 aromatic heterocycles. The molecule has 2 aromatic rings. The van der Waals surface area contributed by atoms with E-state index in [4.69, 9.17) is 23.2 Å². The minimum absolute atomic E-state index is 0.0701. The van der Waals surface area contributed by atoms with Crippen molar-refractivity contribution in [1.29, 1.82) is 0 Å². The van der Waals surface area contributed by atoms with Crippen LogP contribution in [0, 0.1) is 6.92 Å². The number of aryl methyl sites for hydroxylation is 1. The number of hydrogen-bond acceptors (Lipinski definition) is 3. The zero-order valence-corrected chi connectivity index (χ0v) is 15.6. The quantitative estimate of drug-likeness (QED) is 0.807. The Morgan fingerprint density at radius 1 is 0.958 bits per heavy atom. The summed E-state index contributed by atoms with van der Waals surface area (Å²) in [6, 6.07) is 12.9. The molecule has 2 aromatic carbocycles. The second-order valence-corrected chi connectivity index (χ2v) is 8.47. The van der Waals surface area contributed by atoms with Crippen LogP contribution >= 0.6 is 23.2 Å². The molecule has 0 spiro atoms. The van der Waals surface area contributed by atoms with E-state index in [0.29, 0.717) is 26.2 Å². The highest BCUT2D eigenvalue weighted by molar-refractivity contribution is 7.89. The van der Waals surface area contributed by atoms with Gasteiger partial charge in [0, 0.05) is 31.9 Å². The van der Waals surface area contributed by atoms with Crippen LogP contribution < -0.4 is 4.90 Å². The topological polar surface area (TPSA) is 40.6 Å². The van der Waals surface area contributed by atoms with E-state index < -0.39 is 10.0 Å². The minimum atomic E-state index is -3.64. The first-order chi connectivity index (χ1) is 11.4. The van der Waals surface area contributed by atoms with Crippen LogP contribution in [0.1, 0.15) is 5.56 Å². The molecule has 0 amide bonds. The van der Waals surface area contributed by atoms with E-state index in [9.17, 15) is 8.42 Å². The van der Waals surface area contributed by atoms with Crippen molar-refractivity contribution in [2.24, 2.45) is 0 Å². The largest absolute Gasteiger partial charge is 0.369 e. The third-order valence-electron chi connectivity index (χ3n) is 4.14. The molecule has 1 aliphatic heterocycles. The van der Waals surface area contributed by atoms with E-state index in [-0.39, 0.29) is 14.9 Å². The lowest BCUT2D eigenvalue weighted by molar-refractivity contribution is 0.385. The first-order valence-electron chi connectivity index (χ1n) is 7.65. The van der Waals surface area contributed by atoms with Gasteiger partial charge in [0.15, 0.2) is 0 Å². The van der Waals surface area contributed by atoms with Crippen LogP contribution in [0.4, 0.5) is 5.69 Å². The molecule has 4 nitrogen and oxygen atoms in total. The van der Waals surface area contributed by atoms with Gasteiger partial charge in [0.2, 0.25) is 10.0 Å². The van der Waals surface area contributed by atoms with E-state index in [1.807, 2.05) is 25.1 Å². The Bertz CT molecular complexity index is 847. The maximum absolute atomic E-state index is 12.8. The van der Waals surface area contributed by atoms with Gasteiger partial charge < -0.3 is 4.90 Å². The molecular weight excluding hydrogens is 367 g/mol. The maximum atomic E-state index is 12.8. The second kappa shape index (κ2) is 6.92. The van der Waals surface area contributed by atoms with Gasteiger partial charge in [-0.05, 0) is 36.8 Å². The van der Waals surface area contributed by atoms with Gasteiger partial charge >= 0.3 is 0 Å². The third-order valence-corrected chi connectivity index (χ3v) is 7.01. The standard InChI is InChI=1S/C17H18Cl2N2O2S/c1-13-4-2-5-14(12-13)20-8-10-21(11-9-20)24(22,23)16-7-3-6-15(18)17(16)19/h2-7,12H,8-11H2,1H3. The molecule has 7 heteroatoms. The maximum Gasteiger partial charge on any atom is 0.244 e. The molecule has 3 rings (SSSR count). The van der Waals surface area contributed by atoms with Crippen molar-refractivity contribution < 1.29 is 8.42 Å². The van der Waals surface area contributed by atoms with Crippen LogP contribution in [0.2, 0.25) is 10.0 Å². The smallest absolute Gasteiger partial charge is 0.244 e. The number of rotatable bonds is 3. The highest BCUT2D eigenvalue weighted by Gasteiger charge is 2.30. The molecule has 1 heterocycles. The van der Waals surface area contributed by atoms with Gasteiger partial charge in [0.1, 0.15) is 4.90 Å². The second-order valence-electron chi connectivity index (χ2n) is 5.78. The number of sulfonamides is 1. The van der Waals surface area contributed by atoms with Crippen LogP contribution in [0.15, 0.2) is 47.4 Å². The van der Waals surface area contributed by atoms with Crippen molar-refractivity contribution in [2.45, 2.75) is 11.8 Å². The van der Waals surface area contributed by atoms with E-state index in [0.717, 1.165) is 5.69 Å². The molecule has 0 bridgehead atoms. The van der Waals surface area contributed by atoms with Crippen molar-refractivity contribution in [3.63, 3.8) is 0 Å². The predicted molar refractivity (Wildman–Crippen MR) is 98.6 cm³/mol. The highest BCUT2D eigenvalue weighted by Crippen LogP contribution is 2.31. The monoisotopic (exact) mass is 384 g/mol. The molecule has 1 aliphatic rings. The SMILES string of the molecule is Cc1cccc(N2CCN(S(=O)(=O)c3cccc(Cl)c3Cl)CC2)c1. The molecular formula is C17H18Cl2N2O2S. The summed E-state index contributed by atoms with van der Waals surface area (Å²) in [4.78, 5) is 2.26. The van der Waals surface area contributed by atoms with Crippen molar-refractivity contribution in [1.82, 2.24) is 4.31 Å². The minimum Gasteiger partial charge on any atom is -0.369 e. The summed E-state index contributed by atoms with van der Waals surface area (Å²) in [5, 5.41) is 0.330. The van der Waals surface area contributed by atoms with E-state index in [1.165, 1.54) is 15.9 Å². The number of benzene rings is 2. The van der Waals surface area contributed by atoms with Crippen LogP contribution in [-0.2, 0) is 10.0 Å². The number of hydrogen-bond donors (Lipinski definition) is 0. The fourth-order valence-corrected chi connectivity index (χ4v) is 4.99. The van der Waals surface area contributed by atoms with Gasteiger partial charge in [-0.15, -0.1) is 0 Å². The average molecular weight is 385 g/mol. The highest BCUT2D eigenvalue weighted by atomic mass is 35.5. The first kappa shape index (κ1) is 17.5. The average Bonchev–Trinajstić information content (AvgIpc) is 2.57. The summed E-state index contributed by atoms with van der Waals surface area (Å²) in [6.45, 7) is 4.16. The van der Waals surface area contributed by atoms with Crippen molar-refractivity contribution >= 4 is 38.9 Å². The lowest BCUT2D eigenvalue weighted by Gasteiger charge is -2.35. The van der Waals surface area contributed by atoms with Gasteiger partial charge in [-0.25, -0.2) is 8.42 Å². The Morgan fingerprint density at radius 2 is 1.62 bits per heavy atom. The Hall–Kier alpha value is -1.27. The summed E-state index contributed by atoms with van der Waals surface area (Å²) < 4.78 is 27.1. The van der Waals surface area contributed by atoms with Crippen LogP contribution in [0.3, 0.4) is 0 Å². The molecule has 0 atom stereocenters. The van der Waals surface area contributed by atoms with Gasteiger partial charge in [-0.3, -0.25) is 0 Å². The van der Waals surface area contributed by atoms with Gasteiger partial charge in [0.05, 0.1) is 10.0 Å². The lowest BCUT2D eigenvalue weighted by Crippen LogP contribution is -2.48. The fourth-order valence-electron chi connectivity index (χ4n) is 2.83. The Labute approximate surface area is 152 Å². The van der Waals surface area contributed by atoms with Gasteiger partial charge in [0.25, 0.3) is 0 Å². The normalized spacial score (nSPS) is 16.4.